The fourth-order valence-electron chi connectivity index (χ4n) is 3.42. The van der Waals surface area contributed by atoms with Crippen molar-refractivity contribution in [3.05, 3.63) is 60.2 Å². The number of thioether (sulfide) groups is 1. The Labute approximate surface area is 147 Å². The van der Waals surface area contributed by atoms with Crippen LogP contribution in [0.4, 0.5) is 0 Å². The molecule has 0 saturated carbocycles. The van der Waals surface area contributed by atoms with Crippen LogP contribution in [-0.4, -0.2) is 17.3 Å². The lowest BCUT2D eigenvalue weighted by Gasteiger charge is -2.12. The first kappa shape index (κ1) is 15.2. The first-order valence-corrected chi connectivity index (χ1v) is 10.0. The lowest BCUT2D eigenvalue weighted by Crippen LogP contribution is -1.92. The van der Waals surface area contributed by atoms with E-state index >= 15 is 0 Å². The van der Waals surface area contributed by atoms with Crippen LogP contribution in [0, 0.1) is 0 Å². The van der Waals surface area contributed by atoms with Gasteiger partial charge in [0.15, 0.2) is 0 Å². The summed E-state index contributed by atoms with van der Waals surface area (Å²) in [6.45, 7) is 0. The Balaban J connectivity index is 1.72. The van der Waals surface area contributed by atoms with Gasteiger partial charge in [0.05, 0.1) is 0 Å². The van der Waals surface area contributed by atoms with Crippen LogP contribution in [0.1, 0.15) is 12.0 Å². The second-order valence-electron chi connectivity index (χ2n) is 6.07. The van der Waals surface area contributed by atoms with Crippen LogP contribution in [0.2, 0.25) is 0 Å². The van der Waals surface area contributed by atoms with Gasteiger partial charge in [-0.2, -0.15) is 24.4 Å². The predicted molar refractivity (Wildman–Crippen MR) is 110 cm³/mol. The van der Waals surface area contributed by atoms with E-state index in [0.717, 1.165) is 12.2 Å². The van der Waals surface area contributed by atoms with Crippen LogP contribution in [-0.2, 0) is 6.42 Å². The Hall–Kier alpha value is -1.38. The van der Waals surface area contributed by atoms with Crippen LogP contribution < -0.4 is 0 Å². The molecule has 0 fully saturated rings. The molecule has 23 heavy (non-hydrogen) atoms. The van der Waals surface area contributed by atoms with Gasteiger partial charge in [0.1, 0.15) is 0 Å². The molecule has 0 bridgehead atoms. The quantitative estimate of drug-likeness (QED) is 0.249. The highest BCUT2D eigenvalue weighted by molar-refractivity contribution is 7.99. The Morgan fingerprint density at radius 1 is 0.739 bits per heavy atom. The predicted octanol–water partition coefficient (Wildman–Crippen LogP) is 6.18. The molecule has 0 radical (unpaired) electrons. The molecule has 0 amide bonds. The Kier molecular flexibility index (Phi) is 4.37. The van der Waals surface area contributed by atoms with Crippen LogP contribution in [0.15, 0.2) is 54.6 Å². The minimum atomic E-state index is 0.993. The van der Waals surface area contributed by atoms with E-state index in [-0.39, 0.29) is 0 Å². The zero-order valence-electron chi connectivity index (χ0n) is 13.1. The fraction of sp³-hybridized carbons (Fsp3) is 0.238. The highest BCUT2D eigenvalue weighted by atomic mass is 32.2. The van der Waals surface area contributed by atoms with Gasteiger partial charge in [-0.05, 0) is 68.0 Å². The Morgan fingerprint density at radius 2 is 1.35 bits per heavy atom. The first-order valence-electron chi connectivity index (χ1n) is 8.22. The van der Waals surface area contributed by atoms with E-state index in [1.807, 2.05) is 11.8 Å². The topological polar surface area (TPSA) is 0 Å². The summed E-state index contributed by atoms with van der Waals surface area (Å²) in [6.07, 6.45) is 2.35. The van der Waals surface area contributed by atoms with E-state index in [9.17, 15) is 0 Å². The summed E-state index contributed by atoms with van der Waals surface area (Å²) < 4.78 is 0. The molecule has 4 rings (SSSR count). The van der Waals surface area contributed by atoms with Gasteiger partial charge in [-0.1, -0.05) is 54.6 Å². The second kappa shape index (κ2) is 6.62. The van der Waals surface area contributed by atoms with Crippen molar-refractivity contribution in [1.29, 1.82) is 0 Å². The van der Waals surface area contributed by atoms with Gasteiger partial charge in [0, 0.05) is 0 Å². The van der Waals surface area contributed by atoms with Crippen molar-refractivity contribution in [2.75, 3.05) is 17.3 Å². The first-order chi connectivity index (χ1) is 11.4. The van der Waals surface area contributed by atoms with Crippen molar-refractivity contribution < 1.29 is 0 Å². The van der Waals surface area contributed by atoms with Crippen molar-refractivity contribution in [2.45, 2.75) is 12.8 Å². The molecule has 0 N–H and O–H groups in total. The summed E-state index contributed by atoms with van der Waals surface area (Å²) in [7, 11) is 0. The van der Waals surface area contributed by atoms with Crippen molar-refractivity contribution in [2.24, 2.45) is 0 Å². The number of thiol groups is 1. The lowest BCUT2D eigenvalue weighted by molar-refractivity contribution is 1.11. The molecule has 2 heteroatoms. The largest absolute Gasteiger partial charge is 0.179 e. The minimum absolute atomic E-state index is 0.993. The van der Waals surface area contributed by atoms with Crippen molar-refractivity contribution in [3.8, 4) is 0 Å². The van der Waals surface area contributed by atoms with Gasteiger partial charge in [-0.15, -0.1) is 0 Å². The molecule has 4 aromatic carbocycles. The normalized spacial score (nSPS) is 11.9. The summed E-state index contributed by atoms with van der Waals surface area (Å²) in [4.78, 5) is 0. The smallest absolute Gasteiger partial charge is 0.00266 e. The molecular weight excluding hydrogens is 316 g/mol. The van der Waals surface area contributed by atoms with Gasteiger partial charge in [-0.3, -0.25) is 0 Å². The number of benzene rings is 4. The van der Waals surface area contributed by atoms with E-state index in [2.05, 4.69) is 67.2 Å². The highest BCUT2D eigenvalue weighted by Crippen LogP contribution is 2.35. The molecule has 0 aliphatic heterocycles. The molecule has 116 valence electrons. The molecule has 0 spiro atoms. The number of hydrogen-bond donors (Lipinski definition) is 1. The SMILES string of the molecule is SCCCSCCc1cc2ccc3cccc4ccc(c1)c2c34. The standard InChI is InChI=1S/C21H20S2/c22-10-2-11-23-12-9-15-13-18-7-5-16-3-1-4-17-6-8-19(14-15)21(18)20(16)17/h1,3-8,13-14,22H,2,9-12H2. The summed E-state index contributed by atoms with van der Waals surface area (Å²) >= 11 is 6.31. The molecule has 0 heterocycles. The van der Waals surface area contributed by atoms with Gasteiger partial charge < -0.3 is 0 Å². The van der Waals surface area contributed by atoms with E-state index in [1.54, 1.807) is 0 Å². The summed E-state index contributed by atoms with van der Waals surface area (Å²) in [5, 5.41) is 8.28. The Morgan fingerprint density at radius 3 is 2.00 bits per heavy atom. The van der Waals surface area contributed by atoms with Gasteiger partial charge in [0.2, 0.25) is 0 Å². The second-order valence-corrected chi connectivity index (χ2v) is 7.74. The molecule has 0 aromatic heterocycles. The van der Waals surface area contributed by atoms with Gasteiger partial charge in [-0.25, -0.2) is 0 Å². The van der Waals surface area contributed by atoms with Gasteiger partial charge >= 0.3 is 0 Å². The molecule has 0 unspecified atom stereocenters. The Bertz CT molecular complexity index is 879. The minimum Gasteiger partial charge on any atom is -0.179 e. The summed E-state index contributed by atoms with van der Waals surface area (Å²) in [5.74, 6) is 3.41. The number of hydrogen-bond acceptors (Lipinski definition) is 2. The summed E-state index contributed by atoms with van der Waals surface area (Å²) in [5.41, 5.74) is 1.45. The molecule has 0 atom stereocenters. The maximum Gasteiger partial charge on any atom is -0.00266 e. The van der Waals surface area contributed by atoms with Gasteiger partial charge in [0.25, 0.3) is 0 Å². The average molecular weight is 337 g/mol. The maximum absolute atomic E-state index is 4.27. The third-order valence-electron chi connectivity index (χ3n) is 4.50. The molecule has 0 aliphatic carbocycles. The summed E-state index contributed by atoms with van der Waals surface area (Å²) in [6, 6.07) is 20.4. The van der Waals surface area contributed by atoms with Crippen LogP contribution in [0.5, 0.6) is 0 Å². The van der Waals surface area contributed by atoms with Crippen molar-refractivity contribution >= 4 is 56.7 Å². The monoisotopic (exact) mass is 336 g/mol. The average Bonchev–Trinajstić information content (AvgIpc) is 2.59. The molecular formula is C21H20S2. The molecule has 0 saturated heterocycles. The molecule has 0 aliphatic rings. The fourth-order valence-corrected chi connectivity index (χ4v) is 4.73. The van der Waals surface area contributed by atoms with E-state index in [4.69, 9.17) is 0 Å². The van der Waals surface area contributed by atoms with E-state index in [0.29, 0.717) is 0 Å². The van der Waals surface area contributed by atoms with E-state index < -0.39 is 0 Å². The number of rotatable bonds is 6. The number of aryl methyl sites for hydroxylation is 1. The van der Waals surface area contributed by atoms with Crippen LogP contribution >= 0.6 is 24.4 Å². The maximum atomic E-state index is 4.27. The highest BCUT2D eigenvalue weighted by Gasteiger charge is 2.08. The lowest BCUT2D eigenvalue weighted by atomic mass is 9.92. The van der Waals surface area contributed by atoms with Crippen molar-refractivity contribution in [3.63, 3.8) is 0 Å². The van der Waals surface area contributed by atoms with Crippen molar-refractivity contribution in [1.82, 2.24) is 0 Å². The zero-order chi connectivity index (χ0) is 15.6. The molecule has 0 nitrogen and oxygen atoms in total. The molecule has 4 aromatic rings. The van der Waals surface area contributed by atoms with Crippen LogP contribution in [0.3, 0.4) is 0 Å². The van der Waals surface area contributed by atoms with Crippen LogP contribution in [0.25, 0.3) is 32.3 Å². The third kappa shape index (κ3) is 2.90. The third-order valence-corrected chi connectivity index (χ3v) is 5.89. The zero-order valence-corrected chi connectivity index (χ0v) is 14.8. The van der Waals surface area contributed by atoms with E-state index in [1.165, 1.54) is 55.8 Å².